The highest BCUT2D eigenvalue weighted by Crippen LogP contribution is 2.33. The van der Waals surface area contributed by atoms with Gasteiger partial charge in [0.05, 0.1) is 23.8 Å². The van der Waals surface area contributed by atoms with Gasteiger partial charge in [-0.15, -0.1) is 0 Å². The van der Waals surface area contributed by atoms with Crippen LogP contribution in [0.25, 0.3) is 10.9 Å². The third kappa shape index (κ3) is 4.19. The molecule has 0 bridgehead atoms. The number of carbonyl (C=O) groups is 2. The van der Waals surface area contributed by atoms with Gasteiger partial charge >= 0.3 is 0 Å². The number of nitrogens with one attached hydrogen (secondary N) is 1. The summed E-state index contributed by atoms with van der Waals surface area (Å²) >= 11 is 0. The first-order valence-electron chi connectivity index (χ1n) is 10.4. The lowest BCUT2D eigenvalue weighted by Gasteiger charge is -2.25. The molecule has 160 valence electrons. The predicted molar refractivity (Wildman–Crippen MR) is 118 cm³/mol. The summed E-state index contributed by atoms with van der Waals surface area (Å²) in [5.41, 5.74) is 2.17. The van der Waals surface area contributed by atoms with E-state index >= 15 is 0 Å². The molecule has 0 aliphatic carbocycles. The molecule has 3 aromatic rings. The second kappa shape index (κ2) is 8.67. The standard InChI is InChI=1S/C23H26N6O2/c1-15(30)28(3)14-16-13-21(24-2)27-22(26-16)20-10-6-12-29(20)23(31)18-7-4-9-19-17(18)8-5-11-25-19/h4-5,7-9,11,13,20H,6,10,12,14H2,1-3H3,(H,24,26,27)/t20-/m1/s1. The fraction of sp³-hybridized carbons (Fsp3) is 0.348. The predicted octanol–water partition coefficient (Wildman–Crippen LogP) is 3.02. The fourth-order valence-corrected chi connectivity index (χ4v) is 3.95. The molecule has 1 N–H and O–H groups in total. The lowest BCUT2D eigenvalue weighted by molar-refractivity contribution is -0.128. The second-order valence-corrected chi connectivity index (χ2v) is 7.76. The van der Waals surface area contributed by atoms with Crippen LogP contribution >= 0.6 is 0 Å². The number of nitrogens with zero attached hydrogens (tertiary/aromatic N) is 5. The Bertz CT molecular complexity index is 1130. The molecule has 0 unspecified atom stereocenters. The summed E-state index contributed by atoms with van der Waals surface area (Å²) in [6, 6.07) is 11.0. The van der Waals surface area contributed by atoms with Crippen molar-refractivity contribution in [1.29, 1.82) is 0 Å². The van der Waals surface area contributed by atoms with Gasteiger partial charge in [0.15, 0.2) is 5.82 Å². The van der Waals surface area contributed by atoms with Crippen LogP contribution in [0.15, 0.2) is 42.6 Å². The first-order chi connectivity index (χ1) is 15.0. The van der Waals surface area contributed by atoms with Crippen LogP contribution in [0.3, 0.4) is 0 Å². The first-order valence-corrected chi connectivity index (χ1v) is 10.4. The monoisotopic (exact) mass is 418 g/mol. The topological polar surface area (TPSA) is 91.3 Å². The highest BCUT2D eigenvalue weighted by atomic mass is 16.2. The Hall–Kier alpha value is -3.55. The van der Waals surface area contributed by atoms with Crippen molar-refractivity contribution < 1.29 is 9.59 Å². The molecular weight excluding hydrogens is 392 g/mol. The number of hydrogen-bond acceptors (Lipinski definition) is 6. The summed E-state index contributed by atoms with van der Waals surface area (Å²) in [6.45, 7) is 2.56. The van der Waals surface area contributed by atoms with E-state index in [0.717, 1.165) is 29.4 Å². The van der Waals surface area contributed by atoms with Crippen LogP contribution in [0.1, 0.15) is 47.7 Å². The van der Waals surface area contributed by atoms with E-state index < -0.39 is 0 Å². The third-order valence-electron chi connectivity index (χ3n) is 5.68. The van der Waals surface area contributed by atoms with Gasteiger partial charge in [0, 0.05) is 50.8 Å². The van der Waals surface area contributed by atoms with E-state index in [-0.39, 0.29) is 17.9 Å². The van der Waals surface area contributed by atoms with E-state index in [1.54, 1.807) is 25.2 Å². The van der Waals surface area contributed by atoms with Crippen LogP contribution < -0.4 is 5.32 Å². The third-order valence-corrected chi connectivity index (χ3v) is 5.68. The zero-order valence-electron chi connectivity index (χ0n) is 18.0. The minimum absolute atomic E-state index is 0.0339. The van der Waals surface area contributed by atoms with Crippen LogP contribution in [0.4, 0.5) is 5.82 Å². The number of benzene rings is 1. The van der Waals surface area contributed by atoms with E-state index in [1.165, 1.54) is 6.92 Å². The Morgan fingerprint density at radius 2 is 2.06 bits per heavy atom. The quantitative estimate of drug-likeness (QED) is 0.685. The zero-order chi connectivity index (χ0) is 22.0. The SMILES string of the molecule is CNc1cc(CN(C)C(C)=O)nc([C@H]2CCCN2C(=O)c2cccc3ncccc23)n1. The summed E-state index contributed by atoms with van der Waals surface area (Å²) in [6.07, 6.45) is 3.41. The Labute approximate surface area is 181 Å². The van der Waals surface area contributed by atoms with Crippen LogP contribution in [-0.2, 0) is 11.3 Å². The molecule has 2 aromatic heterocycles. The van der Waals surface area contributed by atoms with E-state index in [4.69, 9.17) is 4.98 Å². The number of aromatic nitrogens is 3. The average Bonchev–Trinajstić information content (AvgIpc) is 3.28. The lowest BCUT2D eigenvalue weighted by atomic mass is 10.1. The molecule has 8 heteroatoms. The van der Waals surface area contributed by atoms with Crippen molar-refractivity contribution in [2.75, 3.05) is 26.0 Å². The van der Waals surface area contributed by atoms with E-state index in [0.29, 0.717) is 30.3 Å². The molecular formula is C23H26N6O2. The summed E-state index contributed by atoms with van der Waals surface area (Å²) in [4.78, 5) is 42.4. The van der Waals surface area contributed by atoms with E-state index in [2.05, 4.69) is 15.3 Å². The van der Waals surface area contributed by atoms with Crippen LogP contribution in [-0.4, -0.2) is 57.2 Å². The van der Waals surface area contributed by atoms with Crippen LogP contribution in [0.2, 0.25) is 0 Å². The Morgan fingerprint density at radius 3 is 2.84 bits per heavy atom. The molecule has 1 fully saturated rings. The van der Waals surface area contributed by atoms with Crippen molar-refractivity contribution >= 4 is 28.5 Å². The maximum absolute atomic E-state index is 13.5. The second-order valence-electron chi connectivity index (χ2n) is 7.76. The van der Waals surface area contributed by atoms with Gasteiger partial charge in [0.2, 0.25) is 5.91 Å². The van der Waals surface area contributed by atoms with Crippen molar-refractivity contribution in [3.05, 3.63) is 59.7 Å². The van der Waals surface area contributed by atoms with Gasteiger partial charge in [-0.25, -0.2) is 9.97 Å². The van der Waals surface area contributed by atoms with Crippen molar-refractivity contribution in [1.82, 2.24) is 24.8 Å². The van der Waals surface area contributed by atoms with Gasteiger partial charge in [-0.2, -0.15) is 0 Å². The normalized spacial score (nSPS) is 15.8. The maximum Gasteiger partial charge on any atom is 0.255 e. The van der Waals surface area contributed by atoms with Crippen LogP contribution in [0, 0.1) is 0 Å². The summed E-state index contributed by atoms with van der Waals surface area (Å²) in [7, 11) is 3.54. The average molecular weight is 419 g/mol. The van der Waals surface area contributed by atoms with Crippen molar-refractivity contribution in [2.24, 2.45) is 0 Å². The number of likely N-dealkylation sites (tertiary alicyclic amines) is 1. The number of carbonyl (C=O) groups excluding carboxylic acids is 2. The lowest BCUT2D eigenvalue weighted by Crippen LogP contribution is -2.32. The largest absolute Gasteiger partial charge is 0.373 e. The van der Waals surface area contributed by atoms with Gasteiger partial charge in [0.25, 0.3) is 5.91 Å². The first kappa shape index (κ1) is 20.7. The number of fused-ring (bicyclic) bond motifs is 1. The molecule has 1 saturated heterocycles. The van der Waals surface area contributed by atoms with Gasteiger partial charge in [0.1, 0.15) is 5.82 Å². The van der Waals surface area contributed by atoms with Gasteiger partial charge in [-0.3, -0.25) is 14.6 Å². The minimum Gasteiger partial charge on any atom is -0.373 e. The van der Waals surface area contributed by atoms with Crippen LogP contribution in [0.5, 0.6) is 0 Å². The zero-order valence-corrected chi connectivity index (χ0v) is 18.0. The summed E-state index contributed by atoms with van der Waals surface area (Å²) in [5.74, 6) is 1.20. The van der Waals surface area contributed by atoms with Gasteiger partial charge in [-0.1, -0.05) is 12.1 Å². The molecule has 1 aliphatic rings. The molecule has 0 radical (unpaired) electrons. The number of rotatable bonds is 5. The molecule has 0 spiro atoms. The molecule has 2 amide bonds. The molecule has 31 heavy (non-hydrogen) atoms. The Morgan fingerprint density at radius 1 is 1.23 bits per heavy atom. The van der Waals surface area contributed by atoms with Crippen molar-refractivity contribution in [2.45, 2.75) is 32.4 Å². The van der Waals surface area contributed by atoms with Gasteiger partial charge in [-0.05, 0) is 31.0 Å². The highest BCUT2D eigenvalue weighted by molar-refractivity contribution is 6.06. The van der Waals surface area contributed by atoms with Crippen molar-refractivity contribution in [3.8, 4) is 0 Å². The Kier molecular flexibility index (Phi) is 5.79. The highest BCUT2D eigenvalue weighted by Gasteiger charge is 2.33. The number of amides is 2. The molecule has 1 atom stereocenters. The maximum atomic E-state index is 13.5. The summed E-state index contributed by atoms with van der Waals surface area (Å²) in [5, 5.41) is 3.91. The minimum atomic E-state index is -0.214. The molecule has 1 aromatic carbocycles. The number of pyridine rings is 1. The molecule has 8 nitrogen and oxygen atoms in total. The smallest absolute Gasteiger partial charge is 0.255 e. The number of hydrogen-bond donors (Lipinski definition) is 1. The van der Waals surface area contributed by atoms with Gasteiger partial charge < -0.3 is 15.1 Å². The molecule has 1 aliphatic heterocycles. The Balaban J connectivity index is 1.68. The van der Waals surface area contributed by atoms with Crippen molar-refractivity contribution in [3.63, 3.8) is 0 Å². The molecule has 3 heterocycles. The van der Waals surface area contributed by atoms with E-state index in [9.17, 15) is 9.59 Å². The fourth-order valence-electron chi connectivity index (χ4n) is 3.95. The summed E-state index contributed by atoms with van der Waals surface area (Å²) < 4.78 is 0. The number of anilines is 1. The molecule has 0 saturated carbocycles. The van der Waals surface area contributed by atoms with E-state index in [1.807, 2.05) is 41.3 Å². The molecule has 4 rings (SSSR count).